The van der Waals surface area contributed by atoms with Crippen molar-refractivity contribution in [3.05, 3.63) is 29.0 Å². The lowest BCUT2D eigenvalue weighted by Gasteiger charge is -2.35. The summed E-state index contributed by atoms with van der Waals surface area (Å²) >= 11 is 5.80. The number of hydrogen-bond acceptors (Lipinski definition) is 5. The molecule has 11 heteroatoms. The number of piperazine rings is 1. The van der Waals surface area contributed by atoms with Gasteiger partial charge in [0.05, 0.1) is 18.5 Å². The molecular weight excluding hydrogens is 517 g/mol. The van der Waals surface area contributed by atoms with Crippen molar-refractivity contribution >= 4 is 51.6 Å². The molecule has 2 heterocycles. The van der Waals surface area contributed by atoms with Gasteiger partial charge >= 0.3 is 0 Å². The maximum absolute atomic E-state index is 12.4. The zero-order chi connectivity index (χ0) is 19.9. The predicted molar refractivity (Wildman–Crippen MR) is 123 cm³/mol. The van der Waals surface area contributed by atoms with Gasteiger partial charge in [0.2, 0.25) is 10.0 Å². The highest BCUT2D eigenvalue weighted by atomic mass is 127. The minimum Gasteiger partial charge on any atom is -0.378 e. The Labute approximate surface area is 189 Å². The zero-order valence-electron chi connectivity index (χ0n) is 16.5. The van der Waals surface area contributed by atoms with E-state index >= 15 is 0 Å². The zero-order valence-corrected chi connectivity index (χ0v) is 20.4. The van der Waals surface area contributed by atoms with Gasteiger partial charge in [-0.1, -0.05) is 17.7 Å². The number of sulfonamides is 1. The van der Waals surface area contributed by atoms with E-state index in [-0.39, 0.29) is 42.4 Å². The molecule has 0 aromatic carbocycles. The number of hydrogen-bond donors (Lipinski definition) is 1. The SMILES string of the molecule is CN=C(NCc1ccc(Cl)nc1)N1CCN(S(=O)(=O)CCOC(C)C)CC1.I. The predicted octanol–water partition coefficient (Wildman–Crippen LogP) is 1.80. The van der Waals surface area contributed by atoms with Crippen LogP contribution in [0.5, 0.6) is 0 Å². The number of pyridine rings is 1. The van der Waals surface area contributed by atoms with Crippen LogP contribution in [-0.2, 0) is 21.3 Å². The Morgan fingerprint density at radius 1 is 1.32 bits per heavy atom. The van der Waals surface area contributed by atoms with E-state index in [9.17, 15) is 8.42 Å². The maximum atomic E-state index is 12.4. The van der Waals surface area contributed by atoms with Crippen LogP contribution in [0.25, 0.3) is 0 Å². The summed E-state index contributed by atoms with van der Waals surface area (Å²) in [5, 5.41) is 3.74. The standard InChI is InChI=1S/C17H28ClN5O3S.HI/c1-14(2)26-10-11-27(24,25)23-8-6-22(7-9-23)17(19-3)21-13-15-4-5-16(18)20-12-15;/h4-5,12,14H,6-11,13H2,1-3H3,(H,19,21);1H. The van der Waals surface area contributed by atoms with Crippen LogP contribution in [0.4, 0.5) is 0 Å². The molecule has 0 atom stereocenters. The molecule has 1 aliphatic heterocycles. The monoisotopic (exact) mass is 545 g/mol. The van der Waals surface area contributed by atoms with Crippen LogP contribution in [0.1, 0.15) is 19.4 Å². The normalized spacial score (nSPS) is 16.2. The number of nitrogens with zero attached hydrogens (tertiary/aromatic N) is 4. The third-order valence-corrected chi connectivity index (χ3v) is 6.23. The molecule has 1 saturated heterocycles. The van der Waals surface area contributed by atoms with Crippen molar-refractivity contribution < 1.29 is 13.2 Å². The quantitative estimate of drug-likeness (QED) is 0.243. The molecule has 8 nitrogen and oxygen atoms in total. The summed E-state index contributed by atoms with van der Waals surface area (Å²) in [7, 11) is -1.58. The van der Waals surface area contributed by atoms with E-state index in [0.717, 1.165) is 11.5 Å². The lowest BCUT2D eigenvalue weighted by Crippen LogP contribution is -2.54. The molecule has 0 saturated carbocycles. The highest BCUT2D eigenvalue weighted by Crippen LogP contribution is 2.10. The summed E-state index contributed by atoms with van der Waals surface area (Å²) in [4.78, 5) is 10.4. The number of aromatic nitrogens is 1. The Kier molecular flexibility index (Phi) is 11.0. The van der Waals surface area contributed by atoms with Gasteiger partial charge in [0.15, 0.2) is 5.96 Å². The van der Waals surface area contributed by atoms with Crippen molar-refractivity contribution in [3.8, 4) is 0 Å². The van der Waals surface area contributed by atoms with Gasteiger partial charge in [-0.3, -0.25) is 4.99 Å². The van der Waals surface area contributed by atoms with Gasteiger partial charge in [-0.15, -0.1) is 24.0 Å². The fourth-order valence-corrected chi connectivity index (χ4v) is 4.12. The second-order valence-electron chi connectivity index (χ2n) is 6.51. The molecule has 1 aromatic rings. The minimum absolute atomic E-state index is 0. The minimum atomic E-state index is -3.29. The number of ether oxygens (including phenoxy) is 1. The van der Waals surface area contributed by atoms with E-state index in [1.807, 2.05) is 19.9 Å². The average Bonchev–Trinajstić information content (AvgIpc) is 2.63. The van der Waals surface area contributed by atoms with E-state index in [1.165, 1.54) is 4.31 Å². The number of halogens is 2. The van der Waals surface area contributed by atoms with E-state index in [0.29, 0.717) is 37.9 Å². The number of rotatable bonds is 7. The van der Waals surface area contributed by atoms with Gasteiger partial charge in [0.25, 0.3) is 0 Å². The van der Waals surface area contributed by atoms with Gasteiger partial charge in [-0.25, -0.2) is 13.4 Å². The van der Waals surface area contributed by atoms with Crippen LogP contribution in [0.2, 0.25) is 5.15 Å². The van der Waals surface area contributed by atoms with Crippen LogP contribution in [0.3, 0.4) is 0 Å². The van der Waals surface area contributed by atoms with Gasteiger partial charge in [0.1, 0.15) is 5.15 Å². The molecular formula is C17H29ClIN5O3S. The fraction of sp³-hybridized carbons (Fsp3) is 0.647. The molecule has 0 aliphatic carbocycles. The second-order valence-corrected chi connectivity index (χ2v) is 8.99. The molecule has 0 spiro atoms. The molecule has 0 radical (unpaired) electrons. The first-order valence-electron chi connectivity index (χ1n) is 8.97. The van der Waals surface area contributed by atoms with E-state index < -0.39 is 10.0 Å². The van der Waals surface area contributed by atoms with Crippen molar-refractivity contribution in [1.82, 2.24) is 19.5 Å². The van der Waals surface area contributed by atoms with Crippen LogP contribution < -0.4 is 5.32 Å². The number of guanidine groups is 1. The molecule has 28 heavy (non-hydrogen) atoms. The molecule has 160 valence electrons. The molecule has 2 rings (SSSR count). The summed E-state index contributed by atoms with van der Waals surface area (Å²) in [6.07, 6.45) is 1.74. The van der Waals surface area contributed by atoms with Crippen LogP contribution in [-0.4, -0.2) is 80.3 Å². The third kappa shape index (κ3) is 7.97. The Hall–Kier alpha value is -0.690. The Bertz CT molecular complexity index is 723. The largest absolute Gasteiger partial charge is 0.378 e. The van der Waals surface area contributed by atoms with Crippen molar-refractivity contribution in [2.45, 2.75) is 26.5 Å². The van der Waals surface area contributed by atoms with Gasteiger partial charge in [0, 0.05) is 46.0 Å². The van der Waals surface area contributed by atoms with Gasteiger partial charge in [-0.05, 0) is 25.5 Å². The Balaban J connectivity index is 0.00000392. The molecule has 0 amide bonds. The lowest BCUT2D eigenvalue weighted by molar-refractivity contribution is 0.0904. The summed E-state index contributed by atoms with van der Waals surface area (Å²) in [5.41, 5.74) is 0.993. The first kappa shape index (κ1) is 25.3. The fourth-order valence-electron chi connectivity index (χ4n) is 2.72. The summed E-state index contributed by atoms with van der Waals surface area (Å²) in [6.45, 7) is 6.63. The molecule has 1 aromatic heterocycles. The van der Waals surface area contributed by atoms with Crippen LogP contribution >= 0.6 is 35.6 Å². The van der Waals surface area contributed by atoms with Crippen molar-refractivity contribution in [2.24, 2.45) is 4.99 Å². The molecule has 1 fully saturated rings. The van der Waals surface area contributed by atoms with Crippen molar-refractivity contribution in [2.75, 3.05) is 45.6 Å². The van der Waals surface area contributed by atoms with Gasteiger partial charge in [-0.2, -0.15) is 4.31 Å². The van der Waals surface area contributed by atoms with Crippen molar-refractivity contribution in [1.29, 1.82) is 0 Å². The van der Waals surface area contributed by atoms with Crippen LogP contribution in [0.15, 0.2) is 23.3 Å². The lowest BCUT2D eigenvalue weighted by atomic mass is 10.3. The molecule has 1 N–H and O–H groups in total. The number of nitrogens with one attached hydrogen (secondary N) is 1. The van der Waals surface area contributed by atoms with E-state index in [1.54, 1.807) is 19.3 Å². The summed E-state index contributed by atoms with van der Waals surface area (Å²) in [6, 6.07) is 3.65. The highest BCUT2D eigenvalue weighted by Gasteiger charge is 2.27. The Morgan fingerprint density at radius 3 is 2.54 bits per heavy atom. The second kappa shape index (κ2) is 12.1. The van der Waals surface area contributed by atoms with Gasteiger partial charge < -0.3 is 15.0 Å². The topological polar surface area (TPSA) is 87.1 Å². The molecule has 0 unspecified atom stereocenters. The third-order valence-electron chi connectivity index (χ3n) is 4.18. The molecule has 1 aliphatic rings. The molecule has 0 bridgehead atoms. The summed E-state index contributed by atoms with van der Waals surface area (Å²) < 4.78 is 31.7. The van der Waals surface area contributed by atoms with Crippen LogP contribution in [0, 0.1) is 0 Å². The van der Waals surface area contributed by atoms with E-state index in [2.05, 4.69) is 20.2 Å². The van der Waals surface area contributed by atoms with E-state index in [4.69, 9.17) is 16.3 Å². The first-order valence-corrected chi connectivity index (χ1v) is 11.0. The smallest absolute Gasteiger partial charge is 0.216 e. The highest BCUT2D eigenvalue weighted by molar-refractivity contribution is 14.0. The number of aliphatic imine (C=N–C) groups is 1. The summed E-state index contributed by atoms with van der Waals surface area (Å²) in [5.74, 6) is 0.756. The van der Waals surface area contributed by atoms with Crippen molar-refractivity contribution in [3.63, 3.8) is 0 Å². The Morgan fingerprint density at radius 2 is 2.00 bits per heavy atom. The first-order chi connectivity index (χ1) is 12.8. The maximum Gasteiger partial charge on any atom is 0.216 e. The average molecular weight is 546 g/mol.